The van der Waals surface area contributed by atoms with Gasteiger partial charge in [-0.05, 0) is 6.92 Å². The van der Waals surface area contributed by atoms with Crippen LogP contribution in [0.1, 0.15) is 27.7 Å². The van der Waals surface area contributed by atoms with Gasteiger partial charge in [-0.2, -0.15) is 0 Å². The largest absolute Gasteiger partial charge is 0.387 e. The SMILES string of the molecule is CC(O)C[N+](C)(C)NC(=O)C(C)(C)C. The molecule has 2 N–H and O–H groups in total. The Kier molecular flexibility index (Phi) is 4.09. The lowest BCUT2D eigenvalue weighted by Crippen LogP contribution is -2.59. The zero-order valence-electron chi connectivity index (χ0n) is 10.1. The maximum Gasteiger partial charge on any atom is 0.270 e. The molecule has 0 aromatic heterocycles. The van der Waals surface area contributed by atoms with Crippen LogP contribution >= 0.6 is 0 Å². The molecule has 1 amide bonds. The third-order valence-corrected chi connectivity index (χ3v) is 1.81. The van der Waals surface area contributed by atoms with Crippen LogP contribution in [0.5, 0.6) is 0 Å². The fourth-order valence-electron chi connectivity index (χ4n) is 1.15. The lowest BCUT2D eigenvalue weighted by Gasteiger charge is -2.32. The second-order valence-electron chi connectivity index (χ2n) is 5.41. The summed E-state index contributed by atoms with van der Waals surface area (Å²) in [5.41, 5.74) is 2.47. The minimum Gasteiger partial charge on any atom is -0.387 e. The van der Waals surface area contributed by atoms with Crippen molar-refractivity contribution in [1.82, 2.24) is 5.43 Å². The summed E-state index contributed by atoms with van der Waals surface area (Å²) < 4.78 is 0.299. The summed E-state index contributed by atoms with van der Waals surface area (Å²) in [5, 5.41) is 9.24. The highest BCUT2D eigenvalue weighted by Gasteiger charge is 2.28. The van der Waals surface area contributed by atoms with Crippen LogP contribution in [0.4, 0.5) is 0 Å². The quantitative estimate of drug-likeness (QED) is 0.519. The molecule has 0 aromatic rings. The Bertz CT molecular complexity index is 205. The van der Waals surface area contributed by atoms with Gasteiger partial charge in [0.05, 0.1) is 14.1 Å². The number of carbonyl (C=O) groups excluding carboxylic acids is 1. The van der Waals surface area contributed by atoms with Crippen molar-refractivity contribution in [2.75, 3.05) is 20.6 Å². The number of carbonyl (C=O) groups is 1. The normalized spacial score (nSPS) is 15.1. The van der Waals surface area contributed by atoms with Gasteiger partial charge in [-0.25, -0.2) is 10.0 Å². The number of aliphatic hydroxyl groups is 1. The van der Waals surface area contributed by atoms with E-state index < -0.39 is 11.5 Å². The fourth-order valence-corrected chi connectivity index (χ4v) is 1.15. The van der Waals surface area contributed by atoms with Crippen molar-refractivity contribution in [2.45, 2.75) is 33.8 Å². The first-order valence-electron chi connectivity index (χ1n) is 4.88. The Morgan fingerprint density at radius 1 is 1.43 bits per heavy atom. The molecule has 0 radical (unpaired) electrons. The summed E-state index contributed by atoms with van der Waals surface area (Å²) in [5.74, 6) is -0.0110. The molecule has 0 aliphatic carbocycles. The Hall–Kier alpha value is -0.610. The molecule has 1 atom stereocenters. The van der Waals surface area contributed by atoms with Crippen LogP contribution < -0.4 is 5.43 Å². The number of hydrogen-bond acceptors (Lipinski definition) is 2. The average Bonchev–Trinajstić information content (AvgIpc) is 1.79. The van der Waals surface area contributed by atoms with Gasteiger partial charge < -0.3 is 5.11 Å². The highest BCUT2D eigenvalue weighted by atomic mass is 16.3. The van der Waals surface area contributed by atoms with Crippen LogP contribution in [-0.4, -0.2) is 42.3 Å². The molecule has 0 bridgehead atoms. The van der Waals surface area contributed by atoms with Crippen molar-refractivity contribution in [1.29, 1.82) is 0 Å². The zero-order valence-corrected chi connectivity index (χ0v) is 10.1. The smallest absolute Gasteiger partial charge is 0.270 e. The topological polar surface area (TPSA) is 49.3 Å². The Morgan fingerprint density at radius 3 is 2.14 bits per heavy atom. The molecule has 14 heavy (non-hydrogen) atoms. The van der Waals surface area contributed by atoms with Gasteiger partial charge in [-0.1, -0.05) is 20.8 Å². The molecule has 0 aliphatic heterocycles. The third kappa shape index (κ3) is 5.19. The Morgan fingerprint density at radius 2 is 1.86 bits per heavy atom. The van der Waals surface area contributed by atoms with Crippen molar-refractivity contribution in [3.63, 3.8) is 0 Å². The van der Waals surface area contributed by atoms with Crippen molar-refractivity contribution < 1.29 is 14.5 Å². The van der Waals surface area contributed by atoms with E-state index in [9.17, 15) is 9.90 Å². The molecule has 0 aromatic carbocycles. The van der Waals surface area contributed by atoms with E-state index in [1.54, 1.807) is 6.92 Å². The summed E-state index contributed by atoms with van der Waals surface area (Å²) in [7, 11) is 3.72. The lowest BCUT2D eigenvalue weighted by molar-refractivity contribution is -0.928. The number of hydrogen-bond donors (Lipinski definition) is 2. The van der Waals surface area contributed by atoms with E-state index in [2.05, 4.69) is 5.43 Å². The van der Waals surface area contributed by atoms with Gasteiger partial charge in [-0.3, -0.25) is 4.79 Å². The zero-order chi connectivity index (χ0) is 11.6. The van der Waals surface area contributed by atoms with Crippen molar-refractivity contribution in [2.24, 2.45) is 5.41 Å². The monoisotopic (exact) mass is 203 g/mol. The maximum atomic E-state index is 11.7. The standard InChI is InChI=1S/C10H22N2O2/c1-8(13)7-12(5,6)11-9(14)10(2,3)4/h8,13H,7H2,1-6H3/p+1. The van der Waals surface area contributed by atoms with Gasteiger partial charge in [0.15, 0.2) is 0 Å². The summed E-state index contributed by atoms with van der Waals surface area (Å²) in [6, 6.07) is 0. The second-order valence-corrected chi connectivity index (χ2v) is 5.41. The van der Waals surface area contributed by atoms with Gasteiger partial charge in [0.1, 0.15) is 12.6 Å². The summed E-state index contributed by atoms with van der Waals surface area (Å²) >= 11 is 0. The van der Waals surface area contributed by atoms with Gasteiger partial charge in [0, 0.05) is 5.41 Å². The average molecular weight is 203 g/mol. The highest BCUT2D eigenvalue weighted by Crippen LogP contribution is 2.13. The Labute approximate surface area is 86.5 Å². The molecule has 4 nitrogen and oxygen atoms in total. The van der Waals surface area contributed by atoms with Gasteiger partial charge in [-0.15, -0.1) is 0 Å². The summed E-state index contributed by atoms with van der Waals surface area (Å²) in [4.78, 5) is 11.7. The van der Waals surface area contributed by atoms with Gasteiger partial charge >= 0.3 is 0 Å². The van der Waals surface area contributed by atoms with E-state index in [0.29, 0.717) is 11.1 Å². The molecule has 0 aliphatic rings. The first-order chi connectivity index (χ1) is 6.04. The molecule has 0 saturated carbocycles. The molecule has 0 spiro atoms. The summed E-state index contributed by atoms with van der Waals surface area (Å²) in [6.45, 7) is 7.81. The molecule has 0 fully saturated rings. The van der Waals surface area contributed by atoms with Crippen LogP contribution in [0, 0.1) is 5.41 Å². The maximum absolute atomic E-state index is 11.7. The number of nitrogens with one attached hydrogen (secondary N) is 1. The molecule has 0 heterocycles. The minimum absolute atomic E-state index is 0.0110. The summed E-state index contributed by atoms with van der Waals surface area (Å²) in [6.07, 6.45) is -0.426. The number of aliphatic hydroxyl groups excluding tert-OH is 1. The van der Waals surface area contributed by atoms with Crippen LogP contribution in [-0.2, 0) is 4.79 Å². The van der Waals surface area contributed by atoms with Gasteiger partial charge in [0.25, 0.3) is 5.91 Å². The number of amides is 1. The van der Waals surface area contributed by atoms with Crippen LogP contribution in [0.3, 0.4) is 0 Å². The molecule has 84 valence electrons. The minimum atomic E-state index is -0.426. The van der Waals surface area contributed by atoms with Crippen LogP contribution in [0.15, 0.2) is 0 Å². The van der Waals surface area contributed by atoms with Crippen molar-refractivity contribution in [3.8, 4) is 0 Å². The van der Waals surface area contributed by atoms with E-state index >= 15 is 0 Å². The second kappa shape index (κ2) is 4.28. The van der Waals surface area contributed by atoms with Crippen molar-refractivity contribution >= 4 is 5.91 Å². The number of quaternary nitrogens is 1. The predicted octanol–water partition coefficient (Wildman–Crippen LogP) is 0.521. The van der Waals surface area contributed by atoms with E-state index in [1.807, 2.05) is 34.9 Å². The van der Waals surface area contributed by atoms with Crippen LogP contribution in [0.2, 0.25) is 0 Å². The van der Waals surface area contributed by atoms with E-state index in [0.717, 1.165) is 0 Å². The molecule has 0 saturated heterocycles. The van der Waals surface area contributed by atoms with E-state index in [4.69, 9.17) is 0 Å². The number of nitrogens with zero attached hydrogens (tertiary/aromatic N) is 1. The fraction of sp³-hybridized carbons (Fsp3) is 0.900. The molecule has 0 rings (SSSR count). The number of rotatable bonds is 3. The molecule has 1 unspecified atom stereocenters. The first-order valence-corrected chi connectivity index (χ1v) is 4.88. The molecule has 4 heteroatoms. The third-order valence-electron chi connectivity index (χ3n) is 1.81. The first kappa shape index (κ1) is 13.4. The van der Waals surface area contributed by atoms with Gasteiger partial charge in [0.2, 0.25) is 0 Å². The van der Waals surface area contributed by atoms with E-state index in [-0.39, 0.29) is 5.91 Å². The lowest BCUT2D eigenvalue weighted by atomic mass is 9.96. The highest BCUT2D eigenvalue weighted by molar-refractivity contribution is 5.80. The van der Waals surface area contributed by atoms with Crippen molar-refractivity contribution in [3.05, 3.63) is 0 Å². The predicted molar refractivity (Wildman–Crippen MR) is 56.3 cm³/mol. The van der Waals surface area contributed by atoms with Crippen LogP contribution in [0.25, 0.3) is 0 Å². The molecular weight excluding hydrogens is 180 g/mol. The molecular formula is C10H23N2O2+. The number of likely N-dealkylation sites (N-methyl/N-ethyl adjacent to an activating group) is 1. The van der Waals surface area contributed by atoms with E-state index in [1.165, 1.54) is 0 Å². The Balaban J connectivity index is 4.30.